The van der Waals surface area contributed by atoms with Crippen LogP contribution < -0.4 is 4.74 Å². The maximum atomic E-state index is 13.6. The van der Waals surface area contributed by atoms with E-state index in [-0.39, 0.29) is 17.4 Å². The van der Waals surface area contributed by atoms with Gasteiger partial charge in [-0.25, -0.2) is 4.39 Å². The highest BCUT2D eigenvalue weighted by atomic mass is 19.1. The number of Topliss-reactive ketones (excluding diaryl/α,β-unsaturated/α-hetero) is 1. The Labute approximate surface area is 204 Å². The lowest BCUT2D eigenvalue weighted by molar-refractivity contribution is -0.140. The van der Waals surface area contributed by atoms with Gasteiger partial charge in [0.1, 0.15) is 17.3 Å². The number of aliphatic hydroxyl groups excluding tert-OH is 1. The molecule has 2 aliphatic heterocycles. The molecule has 0 bridgehead atoms. The van der Waals surface area contributed by atoms with Gasteiger partial charge in [0.15, 0.2) is 0 Å². The molecule has 0 unspecified atom stereocenters. The molecule has 2 fully saturated rings. The average molecular weight is 483 g/mol. The zero-order chi connectivity index (χ0) is 24.9. The highest BCUT2D eigenvalue weighted by molar-refractivity contribution is 6.46. The Morgan fingerprint density at radius 2 is 1.71 bits per heavy atom. The van der Waals surface area contributed by atoms with Gasteiger partial charge in [0, 0.05) is 31.7 Å². The van der Waals surface area contributed by atoms with Crippen LogP contribution in [0.15, 0.2) is 54.1 Å². The van der Waals surface area contributed by atoms with Gasteiger partial charge in [-0.15, -0.1) is 0 Å². The summed E-state index contributed by atoms with van der Waals surface area (Å²) in [7, 11) is 0. The second kappa shape index (κ2) is 11.0. The predicted octanol–water partition coefficient (Wildman–Crippen LogP) is 3.76. The van der Waals surface area contributed by atoms with Crippen molar-refractivity contribution in [3.8, 4) is 5.75 Å². The number of benzene rings is 2. The fourth-order valence-corrected chi connectivity index (χ4v) is 4.51. The van der Waals surface area contributed by atoms with Crippen LogP contribution in [0, 0.1) is 5.82 Å². The Bertz CT molecular complexity index is 1080. The number of halogens is 1. The molecule has 1 amide bonds. The summed E-state index contributed by atoms with van der Waals surface area (Å²) in [6.45, 7) is 7.95. The van der Waals surface area contributed by atoms with Crippen LogP contribution >= 0.6 is 0 Å². The van der Waals surface area contributed by atoms with E-state index < -0.39 is 23.5 Å². The first-order chi connectivity index (χ1) is 16.8. The highest BCUT2D eigenvalue weighted by Crippen LogP contribution is 2.39. The third kappa shape index (κ3) is 5.71. The molecule has 0 aliphatic carbocycles. The summed E-state index contributed by atoms with van der Waals surface area (Å²) in [6.07, 6.45) is 0.655. The number of morpholine rings is 1. The van der Waals surface area contributed by atoms with Crippen molar-refractivity contribution < 1.29 is 28.6 Å². The summed E-state index contributed by atoms with van der Waals surface area (Å²) in [6, 6.07) is 11.6. The monoisotopic (exact) mass is 482 g/mol. The van der Waals surface area contributed by atoms with Gasteiger partial charge in [-0.05, 0) is 62.2 Å². The molecule has 186 valence electrons. The van der Waals surface area contributed by atoms with Crippen molar-refractivity contribution in [2.75, 3.05) is 39.4 Å². The molecule has 0 aromatic heterocycles. The van der Waals surface area contributed by atoms with Crippen molar-refractivity contribution in [1.82, 2.24) is 9.80 Å². The average Bonchev–Trinajstić information content (AvgIpc) is 3.10. The van der Waals surface area contributed by atoms with Crippen LogP contribution in [0.4, 0.5) is 4.39 Å². The summed E-state index contributed by atoms with van der Waals surface area (Å²) in [5.41, 5.74) is 0.975. The lowest BCUT2D eigenvalue weighted by Crippen LogP contribution is -2.38. The lowest BCUT2D eigenvalue weighted by Gasteiger charge is -2.29. The Balaban J connectivity index is 1.64. The van der Waals surface area contributed by atoms with E-state index in [4.69, 9.17) is 9.47 Å². The van der Waals surface area contributed by atoms with Crippen LogP contribution in [-0.2, 0) is 14.3 Å². The summed E-state index contributed by atoms with van der Waals surface area (Å²) < 4.78 is 24.7. The van der Waals surface area contributed by atoms with E-state index in [1.54, 1.807) is 36.4 Å². The standard InChI is InChI=1S/C27H31FN2O5/c1-18(2)35-22-10-6-20(7-11-22)25(31)23-24(19-4-8-21(28)9-5-19)30(27(33)26(23)32)13-3-12-29-14-16-34-17-15-29/h4-11,18,24,31H,3,12-17H2,1-2H3/t24-/m1/s1. The minimum absolute atomic E-state index is 0.00397. The fraction of sp³-hybridized carbons (Fsp3) is 0.407. The van der Waals surface area contributed by atoms with Crippen LogP contribution in [0.2, 0.25) is 0 Å². The van der Waals surface area contributed by atoms with Gasteiger partial charge < -0.3 is 19.5 Å². The molecule has 2 heterocycles. The molecule has 2 aliphatic rings. The van der Waals surface area contributed by atoms with Crippen molar-refractivity contribution >= 4 is 17.4 Å². The minimum Gasteiger partial charge on any atom is -0.507 e. The zero-order valence-corrected chi connectivity index (χ0v) is 20.1. The Morgan fingerprint density at radius 1 is 1.06 bits per heavy atom. The van der Waals surface area contributed by atoms with Gasteiger partial charge in [0.25, 0.3) is 11.7 Å². The van der Waals surface area contributed by atoms with Crippen molar-refractivity contribution in [3.63, 3.8) is 0 Å². The molecule has 2 aromatic carbocycles. The number of carbonyl (C=O) groups excluding carboxylic acids is 2. The quantitative estimate of drug-likeness (QED) is 0.351. The third-order valence-electron chi connectivity index (χ3n) is 6.20. The normalized spacial score (nSPS) is 20.6. The summed E-state index contributed by atoms with van der Waals surface area (Å²) in [5.74, 6) is -1.45. The number of rotatable bonds is 8. The second-order valence-corrected chi connectivity index (χ2v) is 9.04. The van der Waals surface area contributed by atoms with Gasteiger partial charge in [0.05, 0.1) is 30.9 Å². The molecule has 1 atom stereocenters. The topological polar surface area (TPSA) is 79.3 Å². The number of aliphatic hydroxyl groups is 1. The number of nitrogens with zero attached hydrogens (tertiary/aromatic N) is 2. The van der Waals surface area contributed by atoms with Crippen molar-refractivity contribution in [2.24, 2.45) is 0 Å². The number of likely N-dealkylation sites (tertiary alicyclic amines) is 1. The molecule has 0 radical (unpaired) electrons. The molecule has 2 aromatic rings. The van der Waals surface area contributed by atoms with Crippen molar-refractivity contribution in [1.29, 1.82) is 0 Å². The lowest BCUT2D eigenvalue weighted by atomic mass is 9.95. The van der Waals surface area contributed by atoms with E-state index in [2.05, 4.69) is 4.90 Å². The number of carbonyl (C=O) groups is 2. The number of ketones is 1. The van der Waals surface area contributed by atoms with Crippen LogP contribution in [-0.4, -0.2) is 72.1 Å². The van der Waals surface area contributed by atoms with Crippen LogP contribution in [0.1, 0.15) is 37.4 Å². The number of amides is 1. The molecule has 2 saturated heterocycles. The first-order valence-electron chi connectivity index (χ1n) is 12.0. The van der Waals surface area contributed by atoms with Crippen molar-refractivity contribution in [2.45, 2.75) is 32.4 Å². The smallest absolute Gasteiger partial charge is 0.295 e. The molecular weight excluding hydrogens is 451 g/mol. The molecule has 0 spiro atoms. The van der Waals surface area contributed by atoms with E-state index in [1.165, 1.54) is 17.0 Å². The van der Waals surface area contributed by atoms with Crippen molar-refractivity contribution in [3.05, 3.63) is 71.0 Å². The Kier molecular flexibility index (Phi) is 7.83. The van der Waals surface area contributed by atoms with E-state index in [0.717, 1.165) is 19.6 Å². The van der Waals surface area contributed by atoms with Gasteiger partial charge in [-0.3, -0.25) is 14.5 Å². The van der Waals surface area contributed by atoms with Crippen LogP contribution in [0.5, 0.6) is 5.75 Å². The third-order valence-corrected chi connectivity index (χ3v) is 6.20. The van der Waals surface area contributed by atoms with E-state index >= 15 is 0 Å². The van der Waals surface area contributed by atoms with Crippen LogP contribution in [0.25, 0.3) is 5.76 Å². The number of ether oxygens (including phenoxy) is 2. The summed E-state index contributed by atoms with van der Waals surface area (Å²) in [4.78, 5) is 29.9. The molecular formula is C27H31FN2O5. The molecule has 1 N–H and O–H groups in total. The predicted molar refractivity (Wildman–Crippen MR) is 129 cm³/mol. The second-order valence-electron chi connectivity index (χ2n) is 9.04. The van der Waals surface area contributed by atoms with E-state index in [1.807, 2.05) is 13.8 Å². The minimum atomic E-state index is -0.799. The van der Waals surface area contributed by atoms with Crippen LogP contribution in [0.3, 0.4) is 0 Å². The van der Waals surface area contributed by atoms with E-state index in [0.29, 0.717) is 43.1 Å². The SMILES string of the molecule is CC(C)Oc1ccc(C(O)=C2C(=O)C(=O)N(CCCN3CCOCC3)[C@@H]2c2ccc(F)cc2)cc1. The summed E-state index contributed by atoms with van der Waals surface area (Å²) in [5, 5.41) is 11.2. The molecule has 35 heavy (non-hydrogen) atoms. The Morgan fingerprint density at radius 3 is 2.34 bits per heavy atom. The molecule has 0 saturated carbocycles. The fourth-order valence-electron chi connectivity index (χ4n) is 4.51. The zero-order valence-electron chi connectivity index (χ0n) is 20.1. The van der Waals surface area contributed by atoms with Gasteiger partial charge in [-0.1, -0.05) is 12.1 Å². The molecule has 4 rings (SSSR count). The van der Waals surface area contributed by atoms with Gasteiger partial charge >= 0.3 is 0 Å². The largest absolute Gasteiger partial charge is 0.507 e. The maximum Gasteiger partial charge on any atom is 0.295 e. The first-order valence-corrected chi connectivity index (χ1v) is 12.0. The highest BCUT2D eigenvalue weighted by Gasteiger charge is 2.45. The first kappa shape index (κ1) is 24.9. The molecule has 7 nitrogen and oxygen atoms in total. The van der Waals surface area contributed by atoms with Gasteiger partial charge in [0.2, 0.25) is 0 Å². The number of hydrogen-bond donors (Lipinski definition) is 1. The summed E-state index contributed by atoms with van der Waals surface area (Å²) >= 11 is 0. The molecule has 8 heteroatoms. The maximum absolute atomic E-state index is 13.6. The van der Waals surface area contributed by atoms with E-state index in [9.17, 15) is 19.1 Å². The Hall–Kier alpha value is -3.23. The van der Waals surface area contributed by atoms with Gasteiger partial charge in [-0.2, -0.15) is 0 Å². The number of hydrogen-bond acceptors (Lipinski definition) is 6.